The fourth-order valence-corrected chi connectivity index (χ4v) is 2.86. The molecule has 9 heteroatoms. The molecule has 0 amide bonds. The van der Waals surface area contributed by atoms with Crippen molar-refractivity contribution in [2.24, 2.45) is 0 Å². The van der Waals surface area contributed by atoms with Crippen LogP contribution in [0.1, 0.15) is 56.3 Å². The Hall–Kier alpha value is -0.319. The summed E-state index contributed by atoms with van der Waals surface area (Å²) in [5.41, 5.74) is 1.74. The van der Waals surface area contributed by atoms with E-state index in [0.717, 1.165) is 24.2 Å². The molecule has 2 aromatic rings. The molecule has 1 fully saturated rings. The van der Waals surface area contributed by atoms with E-state index in [1.807, 2.05) is 26.0 Å². The summed E-state index contributed by atoms with van der Waals surface area (Å²) in [4.78, 5) is 2.75. The Morgan fingerprint density at radius 2 is 1.36 bits per heavy atom. The number of aromatic nitrogens is 4. The summed E-state index contributed by atoms with van der Waals surface area (Å²) in [6.45, 7) is 3.81. The second kappa shape index (κ2) is 10.7. The minimum absolute atomic E-state index is 0. The van der Waals surface area contributed by atoms with E-state index in [9.17, 15) is 0 Å². The minimum atomic E-state index is -0.895. The van der Waals surface area contributed by atoms with Gasteiger partial charge in [0.05, 0.1) is 23.8 Å². The molecule has 0 atom stereocenters. The van der Waals surface area contributed by atoms with Crippen LogP contribution < -0.4 is 9.51 Å². The van der Waals surface area contributed by atoms with E-state index in [1.54, 1.807) is 12.4 Å². The standard InChI is InChI=1S/C16H25BN4O3.K.H/c1-14-10-12-20(18-14)23-17(24-21-13-11-15(2)19-21)22-16-8-6-4-3-5-7-9-16;;/h10-13,16H,3-9H2,1-2H3;;. The monoisotopic (exact) mass is 372 g/mol. The van der Waals surface area contributed by atoms with Crippen molar-refractivity contribution in [2.75, 3.05) is 0 Å². The first-order chi connectivity index (χ1) is 11.7. The topological polar surface area (TPSA) is 63.3 Å². The van der Waals surface area contributed by atoms with Gasteiger partial charge >= 0.3 is 58.7 Å². The molecule has 0 spiro atoms. The third kappa shape index (κ3) is 7.07. The third-order valence-electron chi connectivity index (χ3n) is 4.14. The molecule has 7 nitrogen and oxygen atoms in total. The van der Waals surface area contributed by atoms with Crippen molar-refractivity contribution >= 4 is 58.7 Å². The Kier molecular flexibility index (Phi) is 9.02. The van der Waals surface area contributed by atoms with Gasteiger partial charge in [-0.05, 0) is 38.8 Å². The maximum absolute atomic E-state index is 6.09. The molecule has 1 aliphatic carbocycles. The SMILES string of the molecule is Cc1ccn(OB(OC2CCCCCCC2)On2ccc(C)n2)n1.[KH]. The van der Waals surface area contributed by atoms with Gasteiger partial charge in [-0.1, -0.05) is 32.1 Å². The number of hydrogen-bond acceptors (Lipinski definition) is 5. The van der Waals surface area contributed by atoms with Gasteiger partial charge in [0.2, 0.25) is 0 Å². The summed E-state index contributed by atoms with van der Waals surface area (Å²) < 4.78 is 17.5. The molecule has 2 aromatic heterocycles. The van der Waals surface area contributed by atoms with Crippen molar-refractivity contribution in [1.82, 2.24) is 19.9 Å². The summed E-state index contributed by atoms with van der Waals surface area (Å²) in [5, 5.41) is 8.46. The van der Waals surface area contributed by atoms with Gasteiger partial charge in [0.15, 0.2) is 0 Å². The van der Waals surface area contributed by atoms with Gasteiger partial charge in [0, 0.05) is 6.10 Å². The van der Waals surface area contributed by atoms with E-state index in [1.165, 1.54) is 41.8 Å². The fourth-order valence-electron chi connectivity index (χ4n) is 2.86. The van der Waals surface area contributed by atoms with E-state index in [2.05, 4.69) is 10.2 Å². The van der Waals surface area contributed by atoms with Crippen molar-refractivity contribution in [3.05, 3.63) is 35.9 Å². The van der Waals surface area contributed by atoms with Crippen LogP contribution in [0.4, 0.5) is 0 Å². The van der Waals surface area contributed by atoms with Crippen molar-refractivity contribution in [3.8, 4) is 0 Å². The Morgan fingerprint density at radius 3 is 1.80 bits per heavy atom. The van der Waals surface area contributed by atoms with Crippen LogP contribution in [0, 0.1) is 13.8 Å². The molecule has 1 saturated carbocycles. The van der Waals surface area contributed by atoms with Crippen LogP contribution >= 0.6 is 0 Å². The third-order valence-corrected chi connectivity index (χ3v) is 4.14. The number of rotatable bonds is 6. The summed E-state index contributed by atoms with van der Waals surface area (Å²) in [6, 6.07) is 3.73. The number of aryl methyl sites for hydroxylation is 2. The van der Waals surface area contributed by atoms with Crippen LogP contribution in [0.25, 0.3) is 0 Å². The van der Waals surface area contributed by atoms with Gasteiger partial charge < -0.3 is 14.2 Å². The molecule has 2 heterocycles. The second-order valence-electron chi connectivity index (χ2n) is 6.32. The van der Waals surface area contributed by atoms with Crippen LogP contribution in [0.5, 0.6) is 0 Å². The van der Waals surface area contributed by atoms with Crippen LogP contribution in [0.3, 0.4) is 0 Å². The van der Waals surface area contributed by atoms with E-state index in [0.29, 0.717) is 0 Å². The summed E-state index contributed by atoms with van der Waals surface area (Å²) in [7, 11) is -0.895. The van der Waals surface area contributed by atoms with Crippen LogP contribution in [0.2, 0.25) is 0 Å². The van der Waals surface area contributed by atoms with Gasteiger partial charge in [-0.15, -0.1) is 19.9 Å². The molecule has 0 radical (unpaired) electrons. The molecule has 3 rings (SSSR count). The Bertz CT molecular complexity index is 586. The molecule has 0 N–H and O–H groups in total. The van der Waals surface area contributed by atoms with Gasteiger partial charge in [-0.2, -0.15) is 0 Å². The Morgan fingerprint density at radius 1 is 0.880 bits per heavy atom. The fraction of sp³-hybridized carbons (Fsp3) is 0.625. The Balaban J connectivity index is 0.00000225. The normalized spacial score (nSPS) is 15.8. The maximum atomic E-state index is 6.09. The van der Waals surface area contributed by atoms with E-state index < -0.39 is 7.32 Å². The zero-order valence-electron chi connectivity index (χ0n) is 14.4. The van der Waals surface area contributed by atoms with Gasteiger partial charge in [0.1, 0.15) is 0 Å². The molecular weight excluding hydrogens is 346 g/mol. The van der Waals surface area contributed by atoms with Crippen molar-refractivity contribution < 1.29 is 14.2 Å². The van der Waals surface area contributed by atoms with Crippen LogP contribution in [0.15, 0.2) is 24.5 Å². The number of nitrogens with zero attached hydrogens (tertiary/aromatic N) is 4. The summed E-state index contributed by atoms with van der Waals surface area (Å²) in [6.07, 6.45) is 11.9. The van der Waals surface area contributed by atoms with E-state index >= 15 is 0 Å². The predicted molar refractivity (Wildman–Crippen MR) is 97.2 cm³/mol. The first kappa shape index (κ1) is 21.0. The van der Waals surface area contributed by atoms with Gasteiger partial charge in [-0.3, -0.25) is 0 Å². The second-order valence-corrected chi connectivity index (χ2v) is 6.32. The van der Waals surface area contributed by atoms with Crippen LogP contribution in [-0.4, -0.2) is 84.7 Å². The predicted octanol–water partition coefficient (Wildman–Crippen LogP) is 1.72. The average Bonchev–Trinajstić information content (AvgIpc) is 3.10. The average molecular weight is 372 g/mol. The molecule has 0 bridgehead atoms. The van der Waals surface area contributed by atoms with Gasteiger partial charge in [0.25, 0.3) is 0 Å². The zero-order chi connectivity index (χ0) is 16.8. The van der Waals surface area contributed by atoms with Crippen molar-refractivity contribution in [2.45, 2.75) is 64.9 Å². The molecule has 0 saturated heterocycles. The summed E-state index contributed by atoms with van der Waals surface area (Å²) >= 11 is 0. The zero-order valence-corrected chi connectivity index (χ0v) is 14.4. The van der Waals surface area contributed by atoms with Crippen LogP contribution in [-0.2, 0) is 4.65 Å². The molecule has 1 aliphatic rings. The molecule has 0 aliphatic heterocycles. The first-order valence-corrected chi connectivity index (χ1v) is 8.73. The molecule has 25 heavy (non-hydrogen) atoms. The first-order valence-electron chi connectivity index (χ1n) is 8.73. The molecule has 0 unspecified atom stereocenters. The molecular formula is C16H26BKN4O3. The van der Waals surface area contributed by atoms with E-state index in [-0.39, 0.29) is 57.5 Å². The van der Waals surface area contributed by atoms with E-state index in [4.69, 9.17) is 14.2 Å². The molecule has 0 aromatic carbocycles. The van der Waals surface area contributed by atoms with Crippen molar-refractivity contribution in [3.63, 3.8) is 0 Å². The Labute approximate surface area is 191 Å². The summed E-state index contributed by atoms with van der Waals surface area (Å²) in [5.74, 6) is 0. The number of hydrogen-bond donors (Lipinski definition) is 0. The van der Waals surface area contributed by atoms with Crippen molar-refractivity contribution in [1.29, 1.82) is 0 Å². The van der Waals surface area contributed by atoms with Gasteiger partial charge in [-0.25, -0.2) is 0 Å². The quantitative estimate of drug-likeness (QED) is 0.723. The molecule has 132 valence electrons.